The predicted octanol–water partition coefficient (Wildman–Crippen LogP) is 2.75. The number of hydrogen-bond acceptors (Lipinski definition) is 7. The van der Waals surface area contributed by atoms with Gasteiger partial charge in [-0.2, -0.15) is 5.10 Å². The molecule has 2 aromatic carbocycles. The Morgan fingerprint density at radius 2 is 1.90 bits per heavy atom. The van der Waals surface area contributed by atoms with Crippen molar-refractivity contribution in [2.45, 2.75) is 25.0 Å². The van der Waals surface area contributed by atoms with Gasteiger partial charge in [-0.1, -0.05) is 29.5 Å². The maximum absolute atomic E-state index is 12.4. The molecule has 154 valence electrons. The molecule has 0 unspecified atom stereocenters. The van der Waals surface area contributed by atoms with Gasteiger partial charge in [-0.25, -0.2) is 18.2 Å². The van der Waals surface area contributed by atoms with Crippen LogP contribution in [0.5, 0.6) is 5.75 Å². The van der Waals surface area contributed by atoms with Crippen LogP contribution in [0.1, 0.15) is 16.3 Å². The number of nitrogens with zero attached hydrogens (tertiary/aromatic N) is 2. The fourth-order valence-electron chi connectivity index (χ4n) is 2.97. The first-order valence-electron chi connectivity index (χ1n) is 9.03. The van der Waals surface area contributed by atoms with Crippen LogP contribution in [0.15, 0.2) is 64.3 Å². The van der Waals surface area contributed by atoms with Crippen LogP contribution >= 0.6 is 11.3 Å². The molecule has 0 saturated heterocycles. The molecular formula is C20H18N4O4S2. The number of H-pyrrole nitrogens is 1. The molecule has 0 aliphatic rings. The van der Waals surface area contributed by atoms with Crippen LogP contribution in [-0.2, 0) is 23.2 Å². The second-order valence-corrected chi connectivity index (χ2v) is 9.34. The molecule has 0 atom stereocenters. The molecule has 4 rings (SSSR count). The fraction of sp³-hybridized carbons (Fsp3) is 0.150. The number of aryl methyl sites for hydroxylation is 1. The summed E-state index contributed by atoms with van der Waals surface area (Å²) in [5.74, 6) is 0.554. The summed E-state index contributed by atoms with van der Waals surface area (Å²) in [5, 5.41) is 7.37. The topological polar surface area (TPSA) is 114 Å². The van der Waals surface area contributed by atoms with Gasteiger partial charge in [0.25, 0.3) is 0 Å². The molecule has 2 N–H and O–H groups in total. The van der Waals surface area contributed by atoms with Gasteiger partial charge >= 0.3 is 4.87 Å². The molecule has 0 saturated carbocycles. The highest BCUT2D eigenvalue weighted by molar-refractivity contribution is 7.89. The fourth-order valence-corrected chi connectivity index (χ4v) is 4.59. The van der Waals surface area contributed by atoms with E-state index in [4.69, 9.17) is 4.74 Å². The van der Waals surface area contributed by atoms with Crippen LogP contribution in [0.3, 0.4) is 0 Å². The molecule has 2 aromatic heterocycles. The number of nitrogens with one attached hydrogen (secondary N) is 2. The molecule has 0 fully saturated rings. The minimum atomic E-state index is -3.73. The highest BCUT2D eigenvalue weighted by atomic mass is 32.2. The van der Waals surface area contributed by atoms with Crippen LogP contribution in [-0.4, -0.2) is 23.6 Å². The molecule has 4 aromatic rings. The lowest BCUT2D eigenvalue weighted by Gasteiger charge is -2.11. The molecule has 2 heterocycles. The number of aromatic nitrogens is 3. The van der Waals surface area contributed by atoms with E-state index in [2.05, 4.69) is 19.9 Å². The van der Waals surface area contributed by atoms with Crippen molar-refractivity contribution in [2.75, 3.05) is 0 Å². The quantitative estimate of drug-likeness (QED) is 0.455. The first kappa shape index (κ1) is 20.2. The van der Waals surface area contributed by atoms with Crippen molar-refractivity contribution in [1.82, 2.24) is 19.9 Å². The van der Waals surface area contributed by atoms with E-state index in [1.165, 1.54) is 12.1 Å². The number of hydrogen-bond donors (Lipinski definition) is 2. The van der Waals surface area contributed by atoms with Gasteiger partial charge < -0.3 is 4.74 Å². The van der Waals surface area contributed by atoms with E-state index < -0.39 is 10.0 Å². The van der Waals surface area contributed by atoms with Gasteiger partial charge in [0.2, 0.25) is 10.0 Å². The number of ether oxygens (including phenoxy) is 1. The average molecular weight is 443 g/mol. The zero-order valence-electron chi connectivity index (χ0n) is 16.0. The summed E-state index contributed by atoms with van der Waals surface area (Å²) in [6.45, 7) is 2.22. The molecule has 0 aliphatic heterocycles. The first-order valence-corrected chi connectivity index (χ1v) is 11.3. The molecule has 0 aliphatic carbocycles. The second-order valence-electron chi connectivity index (χ2n) is 6.53. The van der Waals surface area contributed by atoms with E-state index in [0.29, 0.717) is 17.4 Å². The Balaban J connectivity index is 1.44. The summed E-state index contributed by atoms with van der Waals surface area (Å²) in [6, 6.07) is 16.0. The zero-order valence-corrected chi connectivity index (χ0v) is 17.6. The van der Waals surface area contributed by atoms with Crippen molar-refractivity contribution in [3.8, 4) is 5.75 Å². The van der Waals surface area contributed by atoms with Gasteiger partial charge in [0, 0.05) is 16.6 Å². The zero-order chi connectivity index (χ0) is 21.1. The lowest BCUT2D eigenvalue weighted by Crippen LogP contribution is -2.23. The molecule has 0 spiro atoms. The Hall–Kier alpha value is -3.08. The van der Waals surface area contributed by atoms with E-state index in [1.54, 1.807) is 12.1 Å². The second kappa shape index (κ2) is 8.34. The Labute approximate surface area is 176 Å². The van der Waals surface area contributed by atoms with Crippen LogP contribution in [0.4, 0.5) is 0 Å². The third-order valence-corrected chi connectivity index (χ3v) is 6.52. The van der Waals surface area contributed by atoms with Crippen LogP contribution in [0.2, 0.25) is 0 Å². The maximum atomic E-state index is 12.4. The monoisotopic (exact) mass is 442 g/mol. The number of rotatable bonds is 7. The van der Waals surface area contributed by atoms with Crippen molar-refractivity contribution in [3.63, 3.8) is 0 Å². The summed E-state index contributed by atoms with van der Waals surface area (Å²) >= 11 is 0.859. The van der Waals surface area contributed by atoms with Crippen LogP contribution < -0.4 is 14.3 Å². The normalized spacial score (nSPS) is 11.6. The number of pyridine rings is 1. The number of aromatic amines is 1. The molecule has 30 heavy (non-hydrogen) atoms. The Morgan fingerprint density at radius 1 is 1.13 bits per heavy atom. The SMILES string of the molecule is Cc1cc(COc2ccc(S(=O)(=O)NCc3n[nH]c(=O)s3)cc2)c2ccccc2n1. The number of para-hydroxylation sites is 1. The number of benzene rings is 2. The van der Waals surface area contributed by atoms with Gasteiger partial charge in [0.1, 0.15) is 17.4 Å². The molecule has 8 nitrogen and oxygen atoms in total. The smallest absolute Gasteiger partial charge is 0.322 e. The number of sulfonamides is 1. The van der Waals surface area contributed by atoms with E-state index in [9.17, 15) is 13.2 Å². The summed E-state index contributed by atoms with van der Waals surface area (Å²) in [5.41, 5.74) is 2.82. The van der Waals surface area contributed by atoms with Crippen molar-refractivity contribution >= 4 is 32.3 Å². The Bertz CT molecular complexity index is 1350. The highest BCUT2D eigenvalue weighted by Gasteiger charge is 2.15. The summed E-state index contributed by atoms with van der Waals surface area (Å²) in [4.78, 5) is 15.4. The van der Waals surface area contributed by atoms with Crippen molar-refractivity contribution in [2.24, 2.45) is 0 Å². The van der Waals surface area contributed by atoms with Crippen LogP contribution in [0.25, 0.3) is 10.9 Å². The van der Waals surface area contributed by atoms with Crippen LogP contribution in [0, 0.1) is 6.92 Å². The maximum Gasteiger partial charge on any atom is 0.322 e. The van der Waals surface area contributed by atoms with E-state index >= 15 is 0 Å². The van der Waals surface area contributed by atoms with Crippen molar-refractivity contribution in [3.05, 3.63) is 80.5 Å². The Kier molecular flexibility index (Phi) is 5.62. The highest BCUT2D eigenvalue weighted by Crippen LogP contribution is 2.22. The lowest BCUT2D eigenvalue weighted by atomic mass is 10.1. The van der Waals surface area contributed by atoms with Crippen molar-refractivity contribution < 1.29 is 13.2 Å². The molecular weight excluding hydrogens is 424 g/mol. The number of fused-ring (bicyclic) bond motifs is 1. The van der Waals surface area contributed by atoms with Gasteiger partial charge in [-0.15, -0.1) is 0 Å². The lowest BCUT2D eigenvalue weighted by molar-refractivity contribution is 0.307. The summed E-state index contributed by atoms with van der Waals surface area (Å²) in [7, 11) is -3.73. The van der Waals surface area contributed by atoms with Gasteiger partial charge in [-0.3, -0.25) is 9.78 Å². The average Bonchev–Trinajstić information content (AvgIpc) is 3.16. The van der Waals surface area contributed by atoms with Crippen molar-refractivity contribution in [1.29, 1.82) is 0 Å². The molecule has 0 amide bonds. The molecule has 0 bridgehead atoms. The largest absolute Gasteiger partial charge is 0.489 e. The third-order valence-electron chi connectivity index (χ3n) is 4.35. The van der Waals surface area contributed by atoms with Gasteiger partial charge in [0.15, 0.2) is 0 Å². The summed E-state index contributed by atoms with van der Waals surface area (Å²) in [6.07, 6.45) is 0. The van der Waals surface area contributed by atoms with Gasteiger partial charge in [-0.05, 0) is 43.3 Å². The molecule has 10 heteroatoms. The Morgan fingerprint density at radius 3 is 2.63 bits per heavy atom. The predicted molar refractivity (Wildman–Crippen MR) is 114 cm³/mol. The molecule has 0 radical (unpaired) electrons. The standard InChI is InChI=1S/C20H18N4O4S2/c1-13-10-14(17-4-2-3-5-18(17)22-13)12-28-15-6-8-16(9-7-15)30(26,27)21-11-19-23-24-20(25)29-19/h2-10,21H,11-12H2,1H3,(H,24,25). The summed E-state index contributed by atoms with van der Waals surface area (Å²) < 4.78 is 33.1. The van der Waals surface area contributed by atoms with Gasteiger partial charge in [0.05, 0.1) is 17.0 Å². The van der Waals surface area contributed by atoms with E-state index in [-0.39, 0.29) is 16.3 Å². The minimum absolute atomic E-state index is 0.0571. The first-order chi connectivity index (χ1) is 14.4. The third kappa shape index (κ3) is 4.56. The van der Waals surface area contributed by atoms with E-state index in [1.807, 2.05) is 37.3 Å². The minimum Gasteiger partial charge on any atom is -0.489 e. The van der Waals surface area contributed by atoms with E-state index in [0.717, 1.165) is 33.5 Å².